The summed E-state index contributed by atoms with van der Waals surface area (Å²) in [5, 5.41) is 21.4. The Bertz CT molecular complexity index is 807. The van der Waals surface area contributed by atoms with Crippen molar-refractivity contribution in [3.8, 4) is 0 Å². The number of nitrogens with one attached hydrogen (secondary N) is 1. The first-order valence-electron chi connectivity index (χ1n) is 8.69. The molecular formula is C18H22F4N2O5. The zero-order chi connectivity index (χ0) is 22.2. The van der Waals surface area contributed by atoms with Gasteiger partial charge in [-0.2, -0.15) is 13.2 Å². The van der Waals surface area contributed by atoms with Crippen LogP contribution < -0.4 is 10.2 Å². The number of aliphatic hydroxyl groups excluding tert-OH is 1. The standard InChI is InChI=1S/C18H22F4N2O5/c1-16(2,3)29-15(28)23-17(14(26)27)6-7-24(9-17)12-5-4-11(19)13(10(12)8-25)18(20,21)22/h4-5,25H,6-9H2,1-3H3,(H,23,28)(H,26,27). The zero-order valence-corrected chi connectivity index (χ0v) is 16.1. The predicted octanol–water partition coefficient (Wildman–Crippen LogP) is 2.90. The van der Waals surface area contributed by atoms with Crippen LogP contribution in [-0.4, -0.2) is 46.5 Å². The van der Waals surface area contributed by atoms with Crippen LogP contribution in [0.4, 0.5) is 28.0 Å². The van der Waals surface area contributed by atoms with E-state index in [1.807, 2.05) is 0 Å². The van der Waals surface area contributed by atoms with Gasteiger partial charge in [-0.15, -0.1) is 0 Å². The highest BCUT2D eigenvalue weighted by Gasteiger charge is 2.48. The van der Waals surface area contributed by atoms with Gasteiger partial charge in [0.25, 0.3) is 0 Å². The molecule has 2 rings (SSSR count). The van der Waals surface area contributed by atoms with Crippen LogP contribution in [0.2, 0.25) is 0 Å². The van der Waals surface area contributed by atoms with E-state index < -0.39 is 59.5 Å². The number of carbonyl (C=O) groups is 2. The number of rotatable bonds is 4. The molecule has 1 saturated heterocycles. The van der Waals surface area contributed by atoms with Gasteiger partial charge in [-0.1, -0.05) is 0 Å². The molecule has 1 fully saturated rings. The fourth-order valence-corrected chi connectivity index (χ4v) is 3.22. The monoisotopic (exact) mass is 422 g/mol. The van der Waals surface area contributed by atoms with E-state index >= 15 is 0 Å². The second-order valence-electron chi connectivity index (χ2n) is 7.76. The molecule has 29 heavy (non-hydrogen) atoms. The number of aliphatic carboxylic acids is 1. The molecule has 1 aromatic rings. The number of carboxylic acids is 1. The largest absolute Gasteiger partial charge is 0.479 e. The number of carboxylic acid groups (broad SMARTS) is 1. The quantitative estimate of drug-likeness (QED) is 0.646. The van der Waals surface area contributed by atoms with Crippen LogP contribution in [0.3, 0.4) is 0 Å². The van der Waals surface area contributed by atoms with Crippen LogP contribution in [-0.2, 0) is 22.3 Å². The van der Waals surface area contributed by atoms with E-state index in [0.717, 1.165) is 6.07 Å². The molecule has 162 valence electrons. The van der Waals surface area contributed by atoms with Crippen molar-refractivity contribution in [1.82, 2.24) is 5.32 Å². The highest BCUT2D eigenvalue weighted by atomic mass is 19.4. The van der Waals surface area contributed by atoms with E-state index in [0.29, 0.717) is 6.07 Å². The van der Waals surface area contributed by atoms with Crippen molar-refractivity contribution in [3.63, 3.8) is 0 Å². The van der Waals surface area contributed by atoms with Crippen molar-refractivity contribution >= 4 is 17.7 Å². The summed E-state index contributed by atoms with van der Waals surface area (Å²) in [4.78, 5) is 25.2. The molecule has 1 atom stereocenters. The number of hydrogen-bond donors (Lipinski definition) is 3. The molecule has 7 nitrogen and oxygen atoms in total. The number of nitrogens with zero attached hydrogens (tertiary/aromatic N) is 1. The molecule has 1 heterocycles. The number of alkyl halides is 3. The molecule has 11 heteroatoms. The van der Waals surface area contributed by atoms with Gasteiger partial charge in [0, 0.05) is 24.2 Å². The molecule has 0 aliphatic carbocycles. The summed E-state index contributed by atoms with van der Waals surface area (Å²) in [6.45, 7) is 3.23. The number of anilines is 1. The SMILES string of the molecule is CC(C)(C)OC(=O)NC1(C(=O)O)CCN(c2ccc(F)c(C(F)(F)F)c2CO)C1. The number of benzene rings is 1. The lowest BCUT2D eigenvalue weighted by atomic mass is 9.99. The first kappa shape index (κ1) is 22.7. The van der Waals surface area contributed by atoms with Crippen molar-refractivity contribution < 1.29 is 42.1 Å². The van der Waals surface area contributed by atoms with Crippen molar-refractivity contribution in [2.45, 2.75) is 51.1 Å². The molecule has 0 radical (unpaired) electrons. The van der Waals surface area contributed by atoms with Gasteiger partial charge in [0.2, 0.25) is 0 Å². The molecule has 0 saturated carbocycles. The highest BCUT2D eigenvalue weighted by molar-refractivity contribution is 5.86. The Morgan fingerprint density at radius 3 is 2.38 bits per heavy atom. The summed E-state index contributed by atoms with van der Waals surface area (Å²) < 4.78 is 58.6. The Morgan fingerprint density at radius 2 is 1.90 bits per heavy atom. The van der Waals surface area contributed by atoms with E-state index in [9.17, 15) is 37.4 Å². The van der Waals surface area contributed by atoms with Crippen molar-refractivity contribution in [1.29, 1.82) is 0 Å². The number of amides is 1. The van der Waals surface area contributed by atoms with Crippen LogP contribution >= 0.6 is 0 Å². The molecule has 1 aliphatic heterocycles. The summed E-state index contributed by atoms with van der Waals surface area (Å²) in [5.41, 5.74) is -5.16. The summed E-state index contributed by atoms with van der Waals surface area (Å²) in [7, 11) is 0. The topological polar surface area (TPSA) is 99.1 Å². The lowest BCUT2D eigenvalue weighted by molar-refractivity contribution is -0.144. The number of ether oxygens (including phenoxy) is 1. The summed E-state index contributed by atoms with van der Waals surface area (Å²) in [6.07, 6.45) is -6.17. The van der Waals surface area contributed by atoms with E-state index in [1.165, 1.54) is 4.90 Å². The minimum Gasteiger partial charge on any atom is -0.479 e. The molecule has 1 aliphatic rings. The third-order valence-corrected chi connectivity index (χ3v) is 4.44. The number of alkyl carbamates (subject to hydrolysis) is 1. The molecule has 1 aromatic carbocycles. The van der Waals surface area contributed by atoms with Crippen LogP contribution in [0.1, 0.15) is 38.3 Å². The average Bonchev–Trinajstić information content (AvgIpc) is 2.96. The molecule has 0 aromatic heterocycles. The lowest BCUT2D eigenvalue weighted by Crippen LogP contribution is -2.57. The molecule has 1 unspecified atom stereocenters. The van der Waals surface area contributed by atoms with Gasteiger partial charge in [0.05, 0.1) is 18.7 Å². The lowest BCUT2D eigenvalue weighted by Gasteiger charge is -2.29. The Morgan fingerprint density at radius 1 is 1.28 bits per heavy atom. The molecule has 0 bridgehead atoms. The number of hydrogen-bond acceptors (Lipinski definition) is 5. The Balaban J connectivity index is 2.38. The minimum absolute atomic E-state index is 0.0436. The number of carbonyl (C=O) groups excluding carboxylic acids is 1. The number of aliphatic hydroxyl groups is 1. The van der Waals surface area contributed by atoms with Crippen molar-refractivity contribution in [3.05, 3.63) is 29.1 Å². The predicted molar refractivity (Wildman–Crippen MR) is 93.9 cm³/mol. The number of halogens is 4. The molecule has 3 N–H and O–H groups in total. The van der Waals surface area contributed by atoms with E-state index in [4.69, 9.17) is 4.74 Å². The summed E-state index contributed by atoms with van der Waals surface area (Å²) in [5.74, 6) is -2.93. The van der Waals surface area contributed by atoms with Gasteiger partial charge in [0.1, 0.15) is 11.4 Å². The normalized spacial score (nSPS) is 19.9. The van der Waals surface area contributed by atoms with E-state index in [2.05, 4.69) is 5.32 Å². The van der Waals surface area contributed by atoms with Crippen molar-refractivity contribution in [2.75, 3.05) is 18.0 Å². The van der Waals surface area contributed by atoms with Gasteiger partial charge in [-0.05, 0) is 32.9 Å². The Hall–Kier alpha value is -2.56. The third-order valence-electron chi connectivity index (χ3n) is 4.44. The second-order valence-corrected chi connectivity index (χ2v) is 7.76. The minimum atomic E-state index is -5.05. The highest BCUT2D eigenvalue weighted by Crippen LogP contribution is 2.40. The fraction of sp³-hybridized carbons (Fsp3) is 0.556. The molecule has 1 amide bonds. The maximum absolute atomic E-state index is 13.8. The maximum Gasteiger partial charge on any atom is 0.419 e. The third kappa shape index (κ3) is 4.89. The second kappa shape index (κ2) is 7.69. The van der Waals surface area contributed by atoms with Crippen LogP contribution in [0.15, 0.2) is 12.1 Å². The van der Waals surface area contributed by atoms with Crippen LogP contribution in [0.5, 0.6) is 0 Å². The van der Waals surface area contributed by atoms with Gasteiger partial charge in [0.15, 0.2) is 5.54 Å². The first-order valence-corrected chi connectivity index (χ1v) is 8.69. The fourth-order valence-electron chi connectivity index (χ4n) is 3.22. The van der Waals surface area contributed by atoms with Crippen LogP contribution in [0.25, 0.3) is 0 Å². The van der Waals surface area contributed by atoms with Gasteiger partial charge in [-0.25, -0.2) is 14.0 Å². The van der Waals surface area contributed by atoms with E-state index in [1.54, 1.807) is 20.8 Å². The smallest absolute Gasteiger partial charge is 0.419 e. The molecule has 0 spiro atoms. The van der Waals surface area contributed by atoms with Crippen molar-refractivity contribution in [2.24, 2.45) is 0 Å². The average molecular weight is 422 g/mol. The maximum atomic E-state index is 13.8. The van der Waals surface area contributed by atoms with Gasteiger partial charge >= 0.3 is 18.2 Å². The van der Waals surface area contributed by atoms with E-state index in [-0.39, 0.29) is 18.7 Å². The summed E-state index contributed by atoms with van der Waals surface area (Å²) in [6, 6.07) is 1.65. The van der Waals surface area contributed by atoms with Gasteiger partial charge < -0.3 is 25.2 Å². The van der Waals surface area contributed by atoms with Gasteiger partial charge in [-0.3, -0.25) is 0 Å². The Labute approximate surface area is 164 Å². The first-order chi connectivity index (χ1) is 13.2. The molecular weight excluding hydrogens is 400 g/mol. The van der Waals surface area contributed by atoms with Crippen LogP contribution in [0, 0.1) is 5.82 Å². The zero-order valence-electron chi connectivity index (χ0n) is 16.1. The Kier molecular flexibility index (Phi) is 6.03. The summed E-state index contributed by atoms with van der Waals surface area (Å²) >= 11 is 0.